The molecule has 1 atom stereocenters. The molecule has 0 radical (unpaired) electrons. The van der Waals surface area contributed by atoms with E-state index in [0.717, 1.165) is 30.8 Å². The SMILES string of the molecule is Cl.O=C(CCC1CCNC1)Nc1nc(-c2ccccc2Cl)cs1. The number of carbonyl (C=O) groups excluding carboxylic acids is 1. The predicted molar refractivity (Wildman–Crippen MR) is 98.6 cm³/mol. The highest BCUT2D eigenvalue weighted by Gasteiger charge is 2.16. The first-order valence-electron chi connectivity index (χ1n) is 7.43. The molecule has 1 amide bonds. The third kappa shape index (κ3) is 4.91. The minimum atomic E-state index is 0. The van der Waals surface area contributed by atoms with Crippen molar-refractivity contribution >= 4 is 46.4 Å². The number of hydrogen-bond donors (Lipinski definition) is 2. The molecule has 0 bridgehead atoms. The van der Waals surface area contributed by atoms with Gasteiger partial charge in [0.1, 0.15) is 0 Å². The van der Waals surface area contributed by atoms with Crippen LogP contribution in [-0.4, -0.2) is 24.0 Å². The van der Waals surface area contributed by atoms with Gasteiger partial charge in [-0.3, -0.25) is 4.79 Å². The Kier molecular flexibility index (Phi) is 6.84. The fraction of sp³-hybridized carbons (Fsp3) is 0.375. The van der Waals surface area contributed by atoms with Gasteiger partial charge in [-0.15, -0.1) is 23.7 Å². The van der Waals surface area contributed by atoms with Gasteiger partial charge in [-0.2, -0.15) is 0 Å². The van der Waals surface area contributed by atoms with E-state index in [2.05, 4.69) is 15.6 Å². The molecule has 1 aromatic heterocycles. The maximum Gasteiger partial charge on any atom is 0.226 e. The number of halogens is 2. The highest BCUT2D eigenvalue weighted by molar-refractivity contribution is 7.14. The van der Waals surface area contributed by atoms with Gasteiger partial charge in [0.25, 0.3) is 0 Å². The fourth-order valence-corrected chi connectivity index (χ4v) is 3.56. The summed E-state index contributed by atoms with van der Waals surface area (Å²) < 4.78 is 0. The van der Waals surface area contributed by atoms with Gasteiger partial charge in [0.2, 0.25) is 5.91 Å². The normalized spacial score (nSPS) is 16.8. The number of anilines is 1. The van der Waals surface area contributed by atoms with Crippen LogP contribution in [0.5, 0.6) is 0 Å². The Morgan fingerprint density at radius 2 is 2.26 bits per heavy atom. The molecule has 124 valence electrons. The minimum absolute atomic E-state index is 0. The summed E-state index contributed by atoms with van der Waals surface area (Å²) in [4.78, 5) is 16.4. The van der Waals surface area contributed by atoms with E-state index in [9.17, 15) is 4.79 Å². The second kappa shape index (κ2) is 8.64. The van der Waals surface area contributed by atoms with Crippen LogP contribution in [0.3, 0.4) is 0 Å². The lowest BCUT2D eigenvalue weighted by Crippen LogP contribution is -2.14. The zero-order valence-corrected chi connectivity index (χ0v) is 14.9. The van der Waals surface area contributed by atoms with Crippen molar-refractivity contribution in [2.45, 2.75) is 19.3 Å². The number of carbonyl (C=O) groups is 1. The van der Waals surface area contributed by atoms with Crippen LogP contribution >= 0.6 is 35.3 Å². The van der Waals surface area contributed by atoms with Gasteiger partial charge in [0.15, 0.2) is 5.13 Å². The second-order valence-corrected chi connectivity index (χ2v) is 6.73. The molecule has 2 heterocycles. The summed E-state index contributed by atoms with van der Waals surface area (Å²) in [5.41, 5.74) is 1.68. The molecule has 23 heavy (non-hydrogen) atoms. The number of hydrogen-bond acceptors (Lipinski definition) is 4. The summed E-state index contributed by atoms with van der Waals surface area (Å²) in [6, 6.07) is 7.58. The molecular weight excluding hydrogens is 353 g/mol. The van der Waals surface area contributed by atoms with Crippen LogP contribution in [0, 0.1) is 5.92 Å². The van der Waals surface area contributed by atoms with E-state index in [1.165, 1.54) is 17.8 Å². The molecule has 0 aliphatic carbocycles. The van der Waals surface area contributed by atoms with Crippen LogP contribution in [-0.2, 0) is 4.79 Å². The molecule has 4 nitrogen and oxygen atoms in total. The van der Waals surface area contributed by atoms with E-state index in [1.807, 2.05) is 29.6 Å². The maximum absolute atomic E-state index is 12.0. The van der Waals surface area contributed by atoms with Crippen molar-refractivity contribution in [3.8, 4) is 11.3 Å². The van der Waals surface area contributed by atoms with Crippen LogP contribution in [0.4, 0.5) is 5.13 Å². The molecule has 0 saturated carbocycles. The number of nitrogens with one attached hydrogen (secondary N) is 2. The molecule has 7 heteroatoms. The average molecular weight is 372 g/mol. The predicted octanol–water partition coefficient (Wildman–Crippen LogP) is 4.21. The van der Waals surface area contributed by atoms with E-state index in [-0.39, 0.29) is 18.3 Å². The van der Waals surface area contributed by atoms with E-state index < -0.39 is 0 Å². The van der Waals surface area contributed by atoms with E-state index >= 15 is 0 Å². The smallest absolute Gasteiger partial charge is 0.226 e. The number of rotatable bonds is 5. The maximum atomic E-state index is 12.0. The van der Waals surface area contributed by atoms with Crippen molar-refractivity contribution in [3.05, 3.63) is 34.7 Å². The number of amides is 1. The Morgan fingerprint density at radius 3 is 3.00 bits per heavy atom. The Labute approximate surface area is 151 Å². The molecule has 1 fully saturated rings. The minimum Gasteiger partial charge on any atom is -0.316 e. The van der Waals surface area contributed by atoms with Crippen molar-refractivity contribution in [3.63, 3.8) is 0 Å². The number of benzene rings is 1. The molecule has 0 spiro atoms. The zero-order chi connectivity index (χ0) is 15.4. The molecule has 3 rings (SSSR count). The monoisotopic (exact) mass is 371 g/mol. The van der Waals surface area contributed by atoms with E-state index in [1.54, 1.807) is 0 Å². The Bertz CT molecular complexity index is 656. The van der Waals surface area contributed by atoms with Crippen molar-refractivity contribution < 1.29 is 4.79 Å². The van der Waals surface area contributed by atoms with Gasteiger partial charge in [-0.25, -0.2) is 4.98 Å². The average Bonchev–Trinajstić information content (AvgIpc) is 3.17. The van der Waals surface area contributed by atoms with Crippen molar-refractivity contribution in [2.24, 2.45) is 5.92 Å². The largest absolute Gasteiger partial charge is 0.316 e. The third-order valence-corrected chi connectivity index (χ3v) is 4.93. The quantitative estimate of drug-likeness (QED) is 0.827. The lowest BCUT2D eigenvalue weighted by molar-refractivity contribution is -0.116. The van der Waals surface area contributed by atoms with Gasteiger partial charge < -0.3 is 10.6 Å². The molecular formula is C16H19Cl2N3OS. The fourth-order valence-electron chi connectivity index (χ4n) is 2.60. The summed E-state index contributed by atoms with van der Waals surface area (Å²) in [6.45, 7) is 2.10. The lowest BCUT2D eigenvalue weighted by atomic mass is 10.0. The summed E-state index contributed by atoms with van der Waals surface area (Å²) in [5, 5.41) is 9.41. The Morgan fingerprint density at radius 1 is 1.43 bits per heavy atom. The second-order valence-electron chi connectivity index (χ2n) is 5.46. The van der Waals surface area contributed by atoms with Gasteiger partial charge in [-0.1, -0.05) is 29.8 Å². The number of thiazole rings is 1. The van der Waals surface area contributed by atoms with E-state index in [0.29, 0.717) is 22.5 Å². The molecule has 1 aliphatic rings. The molecule has 2 N–H and O–H groups in total. The van der Waals surface area contributed by atoms with E-state index in [4.69, 9.17) is 11.6 Å². The van der Waals surface area contributed by atoms with Crippen LogP contribution in [0.1, 0.15) is 19.3 Å². The van der Waals surface area contributed by atoms with Gasteiger partial charge in [0, 0.05) is 22.4 Å². The Balaban J connectivity index is 0.00000192. The lowest BCUT2D eigenvalue weighted by Gasteiger charge is -2.07. The highest BCUT2D eigenvalue weighted by atomic mass is 35.5. The zero-order valence-electron chi connectivity index (χ0n) is 12.5. The number of aromatic nitrogens is 1. The summed E-state index contributed by atoms with van der Waals surface area (Å²) in [5.74, 6) is 0.660. The van der Waals surface area contributed by atoms with Crippen LogP contribution in [0.25, 0.3) is 11.3 Å². The van der Waals surface area contributed by atoms with Crippen LogP contribution < -0.4 is 10.6 Å². The highest BCUT2D eigenvalue weighted by Crippen LogP contribution is 2.30. The third-order valence-electron chi connectivity index (χ3n) is 3.84. The first-order chi connectivity index (χ1) is 10.7. The molecule has 1 aromatic carbocycles. The summed E-state index contributed by atoms with van der Waals surface area (Å²) in [7, 11) is 0. The summed E-state index contributed by atoms with van der Waals surface area (Å²) in [6.07, 6.45) is 2.65. The van der Waals surface area contributed by atoms with Crippen molar-refractivity contribution in [2.75, 3.05) is 18.4 Å². The van der Waals surface area contributed by atoms with Crippen molar-refractivity contribution in [1.82, 2.24) is 10.3 Å². The summed E-state index contributed by atoms with van der Waals surface area (Å²) >= 11 is 7.59. The standard InChI is InChI=1S/C16H18ClN3OS.ClH/c17-13-4-2-1-3-12(13)14-10-22-16(19-14)20-15(21)6-5-11-7-8-18-9-11;/h1-4,10-11,18H,5-9H2,(H,19,20,21);1H. The van der Waals surface area contributed by atoms with Gasteiger partial charge >= 0.3 is 0 Å². The van der Waals surface area contributed by atoms with Crippen LogP contribution in [0.15, 0.2) is 29.6 Å². The van der Waals surface area contributed by atoms with Gasteiger partial charge in [-0.05, 0) is 37.9 Å². The molecule has 1 aliphatic heterocycles. The molecule has 2 aromatic rings. The number of nitrogens with zero attached hydrogens (tertiary/aromatic N) is 1. The first-order valence-corrected chi connectivity index (χ1v) is 8.69. The first kappa shape index (κ1) is 18.2. The van der Waals surface area contributed by atoms with Gasteiger partial charge in [0.05, 0.1) is 5.69 Å². The van der Waals surface area contributed by atoms with Crippen LogP contribution in [0.2, 0.25) is 5.02 Å². The topological polar surface area (TPSA) is 54.0 Å². The Hall–Kier alpha value is -1.14. The molecule has 1 unspecified atom stereocenters. The molecule has 1 saturated heterocycles. The van der Waals surface area contributed by atoms with Crippen molar-refractivity contribution in [1.29, 1.82) is 0 Å².